The lowest BCUT2D eigenvalue weighted by Gasteiger charge is -2.34. The number of hydrogen-bond acceptors (Lipinski definition) is 6. The summed E-state index contributed by atoms with van der Waals surface area (Å²) in [7, 11) is 1.73. The third-order valence-corrected chi connectivity index (χ3v) is 4.98. The maximum Gasteiger partial charge on any atom is 0.317 e. The number of nitrogens with zero attached hydrogens (tertiary/aromatic N) is 3. The number of carboxylic acid groups (broad SMARTS) is 1. The number of carbonyl (C=O) groups excluding carboxylic acids is 1. The minimum absolute atomic E-state index is 0.0468. The molecular formula is C16H25N3O4S. The van der Waals surface area contributed by atoms with Crippen molar-refractivity contribution < 1.29 is 19.4 Å². The summed E-state index contributed by atoms with van der Waals surface area (Å²) in [6.45, 7) is 8.07. The van der Waals surface area contributed by atoms with Gasteiger partial charge in [0.25, 0.3) is 5.91 Å². The normalized spacial score (nSPS) is 18.9. The zero-order valence-corrected chi connectivity index (χ0v) is 15.4. The van der Waals surface area contributed by atoms with E-state index in [2.05, 4.69) is 25.8 Å². The number of aliphatic carboxylic acids is 1. The fraction of sp³-hybridized carbons (Fsp3) is 0.688. The van der Waals surface area contributed by atoms with E-state index in [1.165, 1.54) is 11.3 Å². The summed E-state index contributed by atoms with van der Waals surface area (Å²) in [5, 5.41) is 11.6. The zero-order chi connectivity index (χ0) is 17.9. The molecule has 0 saturated carbocycles. The van der Waals surface area contributed by atoms with Crippen molar-refractivity contribution in [3.05, 3.63) is 16.1 Å². The number of morpholine rings is 1. The van der Waals surface area contributed by atoms with E-state index in [0.29, 0.717) is 31.9 Å². The highest BCUT2D eigenvalue weighted by Gasteiger charge is 2.28. The summed E-state index contributed by atoms with van der Waals surface area (Å²) in [6.07, 6.45) is -0.187. The summed E-state index contributed by atoms with van der Waals surface area (Å²) in [6, 6.07) is 0. The van der Waals surface area contributed by atoms with Crippen LogP contribution < -0.4 is 0 Å². The van der Waals surface area contributed by atoms with Crippen LogP contribution in [0.3, 0.4) is 0 Å². The van der Waals surface area contributed by atoms with Gasteiger partial charge in [0.2, 0.25) is 0 Å². The van der Waals surface area contributed by atoms with Crippen LogP contribution in [0.4, 0.5) is 0 Å². The highest BCUT2D eigenvalue weighted by atomic mass is 32.1. The molecule has 1 atom stereocenters. The number of likely N-dealkylation sites (N-methyl/N-ethyl adjacent to an activating group) is 1. The highest BCUT2D eigenvalue weighted by Crippen LogP contribution is 2.26. The molecule has 8 heteroatoms. The average Bonchev–Trinajstić information content (AvgIpc) is 2.95. The first-order valence-electron chi connectivity index (χ1n) is 7.94. The Hall–Kier alpha value is -1.51. The molecule has 1 aromatic heterocycles. The van der Waals surface area contributed by atoms with E-state index in [1.54, 1.807) is 16.8 Å². The minimum atomic E-state index is -0.876. The largest absolute Gasteiger partial charge is 0.480 e. The van der Waals surface area contributed by atoms with Crippen LogP contribution in [-0.4, -0.2) is 77.7 Å². The maximum atomic E-state index is 12.7. The van der Waals surface area contributed by atoms with E-state index in [0.717, 1.165) is 5.01 Å². The van der Waals surface area contributed by atoms with E-state index in [1.807, 2.05) is 5.38 Å². The minimum Gasteiger partial charge on any atom is -0.480 e. The van der Waals surface area contributed by atoms with Gasteiger partial charge in [0.05, 0.1) is 24.3 Å². The monoisotopic (exact) mass is 355 g/mol. The standard InChI is InChI=1S/C16H25N3O4S/c1-16(2,3)15-17-12(10-24-15)14(22)19-5-6-23-11(8-19)7-18(4)9-13(20)21/h10-11H,5-9H2,1-4H3,(H,20,21). The molecule has 1 saturated heterocycles. The van der Waals surface area contributed by atoms with Crippen molar-refractivity contribution in [1.82, 2.24) is 14.8 Å². The number of hydrogen-bond donors (Lipinski definition) is 1. The van der Waals surface area contributed by atoms with Crippen molar-refractivity contribution in [2.75, 3.05) is 39.8 Å². The first kappa shape index (κ1) is 18.8. The van der Waals surface area contributed by atoms with Gasteiger partial charge in [0.15, 0.2) is 0 Å². The predicted octanol–water partition coefficient (Wildman–Crippen LogP) is 1.30. The number of carboxylic acids is 1. The molecule has 2 rings (SSSR count). The molecule has 1 unspecified atom stereocenters. The highest BCUT2D eigenvalue weighted by molar-refractivity contribution is 7.10. The second-order valence-electron chi connectivity index (χ2n) is 7.12. The van der Waals surface area contributed by atoms with Crippen LogP contribution >= 0.6 is 11.3 Å². The van der Waals surface area contributed by atoms with Crippen LogP contribution in [0, 0.1) is 0 Å². The fourth-order valence-corrected chi connectivity index (χ4v) is 3.42. The van der Waals surface area contributed by atoms with Gasteiger partial charge in [-0.1, -0.05) is 20.8 Å². The number of thiazole rings is 1. The van der Waals surface area contributed by atoms with Crippen molar-refractivity contribution in [3.8, 4) is 0 Å². The lowest BCUT2D eigenvalue weighted by Crippen LogP contribution is -2.49. The molecule has 24 heavy (non-hydrogen) atoms. The van der Waals surface area contributed by atoms with Gasteiger partial charge in [0, 0.05) is 30.4 Å². The molecule has 0 radical (unpaired) electrons. The van der Waals surface area contributed by atoms with Gasteiger partial charge < -0.3 is 14.7 Å². The van der Waals surface area contributed by atoms with Crippen molar-refractivity contribution >= 4 is 23.2 Å². The van der Waals surface area contributed by atoms with Gasteiger partial charge in [0.1, 0.15) is 5.69 Å². The number of ether oxygens (including phenoxy) is 1. The molecule has 2 heterocycles. The Morgan fingerprint density at radius 3 is 2.79 bits per heavy atom. The van der Waals surface area contributed by atoms with Crippen molar-refractivity contribution in [2.45, 2.75) is 32.3 Å². The zero-order valence-electron chi connectivity index (χ0n) is 14.6. The van der Waals surface area contributed by atoms with E-state index < -0.39 is 5.97 Å². The van der Waals surface area contributed by atoms with E-state index >= 15 is 0 Å². The molecule has 1 N–H and O–H groups in total. The number of amides is 1. The molecule has 1 aliphatic heterocycles. The lowest BCUT2D eigenvalue weighted by atomic mass is 9.98. The second-order valence-corrected chi connectivity index (χ2v) is 7.98. The summed E-state index contributed by atoms with van der Waals surface area (Å²) >= 11 is 1.50. The predicted molar refractivity (Wildman–Crippen MR) is 91.6 cm³/mol. The van der Waals surface area contributed by atoms with Crippen molar-refractivity contribution in [3.63, 3.8) is 0 Å². The Kier molecular flexibility index (Phi) is 5.95. The SMILES string of the molecule is CN(CC(=O)O)CC1CN(C(=O)c2csc(C(C)(C)C)n2)CCO1. The number of aromatic nitrogens is 1. The van der Waals surface area contributed by atoms with Crippen LogP contribution in [-0.2, 0) is 14.9 Å². The topological polar surface area (TPSA) is 83.0 Å². The molecule has 0 spiro atoms. The van der Waals surface area contributed by atoms with E-state index in [4.69, 9.17) is 9.84 Å². The third-order valence-electron chi connectivity index (χ3n) is 3.71. The summed E-state index contributed by atoms with van der Waals surface area (Å²) in [5.41, 5.74) is 0.403. The first-order chi connectivity index (χ1) is 11.2. The van der Waals surface area contributed by atoms with Gasteiger partial charge in [-0.05, 0) is 7.05 Å². The molecule has 0 bridgehead atoms. The van der Waals surface area contributed by atoms with Gasteiger partial charge >= 0.3 is 5.97 Å². The van der Waals surface area contributed by atoms with Crippen LogP contribution in [0.5, 0.6) is 0 Å². The van der Waals surface area contributed by atoms with Gasteiger partial charge in [-0.2, -0.15) is 0 Å². The van der Waals surface area contributed by atoms with Gasteiger partial charge in [-0.3, -0.25) is 14.5 Å². The van der Waals surface area contributed by atoms with Crippen LogP contribution in [0.2, 0.25) is 0 Å². The lowest BCUT2D eigenvalue weighted by molar-refractivity contribution is -0.138. The van der Waals surface area contributed by atoms with Crippen LogP contribution in [0.25, 0.3) is 0 Å². The Labute approximate surface area is 146 Å². The molecule has 134 valence electrons. The van der Waals surface area contributed by atoms with E-state index in [9.17, 15) is 9.59 Å². The second kappa shape index (κ2) is 7.58. The van der Waals surface area contributed by atoms with Crippen LogP contribution in [0.1, 0.15) is 36.3 Å². The quantitative estimate of drug-likeness (QED) is 0.857. The fourth-order valence-electron chi connectivity index (χ4n) is 2.54. The molecule has 0 aromatic carbocycles. The van der Waals surface area contributed by atoms with Gasteiger partial charge in [-0.15, -0.1) is 11.3 Å². The molecule has 7 nitrogen and oxygen atoms in total. The van der Waals surface area contributed by atoms with Crippen molar-refractivity contribution in [2.24, 2.45) is 0 Å². The Bertz CT molecular complexity index is 596. The van der Waals surface area contributed by atoms with Crippen molar-refractivity contribution in [1.29, 1.82) is 0 Å². The molecule has 1 aromatic rings. The Morgan fingerprint density at radius 2 is 2.21 bits per heavy atom. The third kappa shape index (κ3) is 4.99. The number of rotatable bonds is 5. The molecule has 1 fully saturated rings. The summed E-state index contributed by atoms with van der Waals surface area (Å²) < 4.78 is 5.66. The molecular weight excluding hydrogens is 330 g/mol. The summed E-state index contributed by atoms with van der Waals surface area (Å²) in [5.74, 6) is -0.964. The molecule has 1 aliphatic rings. The smallest absolute Gasteiger partial charge is 0.317 e. The maximum absolute atomic E-state index is 12.7. The summed E-state index contributed by atoms with van der Waals surface area (Å²) in [4.78, 5) is 31.3. The number of carbonyl (C=O) groups is 2. The van der Waals surface area contributed by atoms with E-state index in [-0.39, 0.29) is 24.0 Å². The van der Waals surface area contributed by atoms with Gasteiger partial charge in [-0.25, -0.2) is 4.98 Å². The Morgan fingerprint density at radius 1 is 1.50 bits per heavy atom. The van der Waals surface area contributed by atoms with Crippen LogP contribution in [0.15, 0.2) is 5.38 Å². The molecule has 0 aliphatic carbocycles. The average molecular weight is 355 g/mol. The Balaban J connectivity index is 1.97. The first-order valence-corrected chi connectivity index (χ1v) is 8.82. The molecule has 1 amide bonds.